The van der Waals surface area contributed by atoms with E-state index in [2.05, 4.69) is 6.92 Å². The predicted molar refractivity (Wildman–Crippen MR) is 49.7 cm³/mol. The third-order valence-corrected chi connectivity index (χ3v) is 2.27. The Balaban J connectivity index is 2.57. The smallest absolute Gasteiger partial charge is 0.186 e. The zero-order valence-corrected chi connectivity index (χ0v) is 8.32. The molecular formula is C9H17O6. The Morgan fingerprint density at radius 1 is 1.13 bits per heavy atom. The molecule has 0 aliphatic carbocycles. The van der Waals surface area contributed by atoms with E-state index in [1.54, 1.807) is 0 Å². The summed E-state index contributed by atoms with van der Waals surface area (Å²) in [5, 5.41) is 37.2. The molecule has 1 radical (unpaired) electrons. The first kappa shape index (κ1) is 12.8. The third kappa shape index (κ3) is 2.87. The second kappa shape index (κ2) is 5.74. The predicted octanol–water partition coefficient (Wildman–Crippen LogP) is -1.97. The van der Waals surface area contributed by atoms with Gasteiger partial charge in [-0.2, -0.15) is 0 Å². The molecule has 1 saturated heterocycles. The molecule has 0 aromatic heterocycles. The van der Waals surface area contributed by atoms with Crippen LogP contribution in [-0.2, 0) is 9.47 Å². The van der Waals surface area contributed by atoms with Crippen LogP contribution >= 0.6 is 0 Å². The van der Waals surface area contributed by atoms with Crippen LogP contribution in [0, 0.1) is 6.92 Å². The van der Waals surface area contributed by atoms with Crippen LogP contribution in [0.4, 0.5) is 0 Å². The summed E-state index contributed by atoms with van der Waals surface area (Å²) < 4.78 is 10.2. The van der Waals surface area contributed by atoms with Crippen molar-refractivity contribution >= 4 is 0 Å². The quantitative estimate of drug-likeness (QED) is 0.439. The van der Waals surface area contributed by atoms with E-state index in [0.717, 1.165) is 0 Å². The summed E-state index contributed by atoms with van der Waals surface area (Å²) in [7, 11) is 0. The highest BCUT2D eigenvalue weighted by Gasteiger charge is 2.43. The molecule has 5 atom stereocenters. The first-order valence-corrected chi connectivity index (χ1v) is 4.83. The zero-order valence-electron chi connectivity index (χ0n) is 8.32. The molecule has 1 aliphatic heterocycles. The van der Waals surface area contributed by atoms with Crippen LogP contribution in [0.5, 0.6) is 0 Å². The van der Waals surface area contributed by atoms with Gasteiger partial charge < -0.3 is 29.9 Å². The van der Waals surface area contributed by atoms with Gasteiger partial charge in [0, 0.05) is 6.61 Å². The van der Waals surface area contributed by atoms with Gasteiger partial charge in [0.25, 0.3) is 0 Å². The average molecular weight is 221 g/mol. The van der Waals surface area contributed by atoms with Gasteiger partial charge in [-0.25, -0.2) is 0 Å². The van der Waals surface area contributed by atoms with Crippen LogP contribution in [0.2, 0.25) is 0 Å². The normalized spacial score (nSPS) is 41.8. The molecule has 1 fully saturated rings. The highest BCUT2D eigenvalue weighted by Crippen LogP contribution is 2.21. The van der Waals surface area contributed by atoms with Crippen LogP contribution in [-0.4, -0.2) is 64.3 Å². The van der Waals surface area contributed by atoms with E-state index in [-0.39, 0.29) is 6.61 Å². The Bertz CT molecular complexity index is 185. The Morgan fingerprint density at radius 3 is 2.33 bits per heavy atom. The number of hydrogen-bond acceptors (Lipinski definition) is 6. The molecule has 0 spiro atoms. The summed E-state index contributed by atoms with van der Waals surface area (Å²) in [6, 6.07) is 0. The van der Waals surface area contributed by atoms with E-state index >= 15 is 0 Å². The van der Waals surface area contributed by atoms with Gasteiger partial charge in [0.15, 0.2) is 6.29 Å². The molecule has 89 valence electrons. The monoisotopic (exact) mass is 221 g/mol. The van der Waals surface area contributed by atoms with Gasteiger partial charge in [0.1, 0.15) is 24.4 Å². The van der Waals surface area contributed by atoms with E-state index in [0.29, 0.717) is 6.42 Å². The van der Waals surface area contributed by atoms with Crippen molar-refractivity contribution in [3.05, 3.63) is 6.92 Å². The van der Waals surface area contributed by atoms with Crippen molar-refractivity contribution in [1.29, 1.82) is 0 Å². The molecule has 1 aliphatic rings. The fourth-order valence-corrected chi connectivity index (χ4v) is 1.40. The van der Waals surface area contributed by atoms with Crippen LogP contribution in [0.25, 0.3) is 0 Å². The van der Waals surface area contributed by atoms with E-state index in [9.17, 15) is 15.3 Å². The van der Waals surface area contributed by atoms with Gasteiger partial charge in [0.2, 0.25) is 0 Å². The molecule has 0 bridgehead atoms. The Labute approximate surface area is 88.1 Å². The largest absolute Gasteiger partial charge is 0.394 e. The molecule has 0 amide bonds. The molecule has 6 nitrogen and oxygen atoms in total. The van der Waals surface area contributed by atoms with Crippen molar-refractivity contribution in [3.8, 4) is 0 Å². The molecule has 6 heteroatoms. The average Bonchev–Trinajstić information content (AvgIpc) is 2.25. The second-order valence-corrected chi connectivity index (χ2v) is 3.42. The van der Waals surface area contributed by atoms with Crippen LogP contribution < -0.4 is 0 Å². The minimum atomic E-state index is -1.38. The number of ether oxygens (including phenoxy) is 2. The van der Waals surface area contributed by atoms with Crippen molar-refractivity contribution < 1.29 is 29.9 Å². The number of aliphatic hydroxyl groups is 4. The van der Waals surface area contributed by atoms with Crippen molar-refractivity contribution in [1.82, 2.24) is 0 Å². The minimum Gasteiger partial charge on any atom is -0.394 e. The lowest BCUT2D eigenvalue weighted by Gasteiger charge is -2.39. The molecule has 4 N–H and O–H groups in total. The SMILES string of the molecule is [CH2]CCOC1O[C@H](CO)[C@@H](O)[C@H](O)[C@H]1O. The second-order valence-electron chi connectivity index (χ2n) is 3.42. The molecule has 0 aromatic carbocycles. The van der Waals surface area contributed by atoms with Crippen molar-refractivity contribution in [2.75, 3.05) is 13.2 Å². The Morgan fingerprint density at radius 2 is 1.80 bits per heavy atom. The number of rotatable bonds is 4. The lowest BCUT2D eigenvalue weighted by molar-refractivity contribution is -0.300. The summed E-state index contributed by atoms with van der Waals surface area (Å²) >= 11 is 0. The van der Waals surface area contributed by atoms with E-state index < -0.39 is 37.3 Å². The van der Waals surface area contributed by atoms with Crippen LogP contribution in [0.3, 0.4) is 0 Å². The summed E-state index contributed by atoms with van der Waals surface area (Å²) in [5.41, 5.74) is 0. The van der Waals surface area contributed by atoms with Gasteiger partial charge in [-0.1, -0.05) is 6.92 Å². The van der Waals surface area contributed by atoms with E-state index in [4.69, 9.17) is 14.6 Å². The summed E-state index contributed by atoms with van der Waals surface area (Å²) in [5.74, 6) is 0. The fourth-order valence-electron chi connectivity index (χ4n) is 1.40. The molecule has 15 heavy (non-hydrogen) atoms. The summed E-state index contributed by atoms with van der Waals surface area (Å²) in [4.78, 5) is 0. The molecule has 1 rings (SSSR count). The van der Waals surface area contributed by atoms with Gasteiger partial charge in [-0.3, -0.25) is 0 Å². The summed E-state index contributed by atoms with van der Waals surface area (Å²) in [6.45, 7) is 3.36. The number of aliphatic hydroxyl groups excluding tert-OH is 4. The first-order chi connectivity index (χ1) is 7.11. The Kier molecular flexibility index (Phi) is 4.91. The van der Waals surface area contributed by atoms with Gasteiger partial charge in [-0.15, -0.1) is 0 Å². The van der Waals surface area contributed by atoms with Crippen LogP contribution in [0.1, 0.15) is 6.42 Å². The molecule has 1 heterocycles. The van der Waals surface area contributed by atoms with Crippen molar-refractivity contribution in [3.63, 3.8) is 0 Å². The van der Waals surface area contributed by atoms with Gasteiger partial charge >= 0.3 is 0 Å². The van der Waals surface area contributed by atoms with E-state index in [1.165, 1.54) is 0 Å². The van der Waals surface area contributed by atoms with Crippen LogP contribution in [0.15, 0.2) is 0 Å². The highest BCUT2D eigenvalue weighted by molar-refractivity contribution is 4.88. The van der Waals surface area contributed by atoms with Crippen molar-refractivity contribution in [2.45, 2.75) is 37.1 Å². The maximum atomic E-state index is 9.49. The molecule has 0 saturated carbocycles. The van der Waals surface area contributed by atoms with Gasteiger partial charge in [-0.05, 0) is 6.42 Å². The molecule has 1 unspecified atom stereocenters. The Hall–Kier alpha value is -0.240. The molecule has 0 aromatic rings. The fraction of sp³-hybridized carbons (Fsp3) is 0.889. The van der Waals surface area contributed by atoms with Crippen molar-refractivity contribution in [2.24, 2.45) is 0 Å². The minimum absolute atomic E-state index is 0.267. The molecular weight excluding hydrogens is 204 g/mol. The first-order valence-electron chi connectivity index (χ1n) is 4.83. The summed E-state index contributed by atoms with van der Waals surface area (Å²) in [6.07, 6.45) is -5.51. The standard InChI is InChI=1S/C9H17O6/c1-2-3-14-9-8(13)7(12)6(11)5(4-10)15-9/h5-13H,1-4H2/t5-,6-,7+,8-,9?/m1/s1. The topological polar surface area (TPSA) is 99.4 Å². The third-order valence-electron chi connectivity index (χ3n) is 2.27. The highest BCUT2D eigenvalue weighted by atomic mass is 16.7. The van der Waals surface area contributed by atoms with E-state index in [1.807, 2.05) is 0 Å². The maximum absolute atomic E-state index is 9.49. The van der Waals surface area contributed by atoms with Gasteiger partial charge in [0.05, 0.1) is 6.61 Å². The maximum Gasteiger partial charge on any atom is 0.186 e. The lowest BCUT2D eigenvalue weighted by atomic mass is 9.99. The lowest BCUT2D eigenvalue weighted by Crippen LogP contribution is -2.59. The number of hydrogen-bond donors (Lipinski definition) is 4. The zero-order chi connectivity index (χ0) is 11.4.